The van der Waals surface area contributed by atoms with Gasteiger partial charge in [-0.15, -0.1) is 0 Å². The molecule has 0 aliphatic carbocycles. The van der Waals surface area contributed by atoms with Gasteiger partial charge in [-0.2, -0.15) is 0 Å². The lowest BCUT2D eigenvalue weighted by Gasteiger charge is -2.16. The molecule has 29 heavy (non-hydrogen) atoms. The van der Waals surface area contributed by atoms with Crippen molar-refractivity contribution in [2.45, 2.75) is 26.3 Å². The molecule has 0 spiro atoms. The fourth-order valence-corrected chi connectivity index (χ4v) is 2.69. The van der Waals surface area contributed by atoms with E-state index >= 15 is 0 Å². The molecule has 2 N–H and O–H groups in total. The zero-order chi connectivity index (χ0) is 21.2. The number of rotatable bonds is 9. The summed E-state index contributed by atoms with van der Waals surface area (Å²) in [6.45, 7) is 4.57. The molecule has 0 aliphatic rings. The molecule has 6 nitrogen and oxygen atoms in total. The lowest BCUT2D eigenvalue weighted by molar-refractivity contribution is -0.117. The molecule has 0 saturated carbocycles. The number of nitrogens with one attached hydrogen (secondary N) is 2. The Morgan fingerprint density at radius 2 is 1.83 bits per heavy atom. The maximum atomic E-state index is 12.3. The summed E-state index contributed by atoms with van der Waals surface area (Å²) >= 11 is 0. The molecule has 2 amide bonds. The molecular formula is C23H28N2O4. The summed E-state index contributed by atoms with van der Waals surface area (Å²) in [5.41, 5.74) is 2.32. The van der Waals surface area contributed by atoms with E-state index in [1.54, 1.807) is 44.5 Å². The summed E-state index contributed by atoms with van der Waals surface area (Å²) in [5.74, 6) is 0.979. The van der Waals surface area contributed by atoms with Gasteiger partial charge in [0, 0.05) is 18.7 Å². The number of methoxy groups -OCH3 is 1. The highest BCUT2D eigenvalue weighted by Gasteiger charge is 2.12. The number of hydrogen-bond donors (Lipinski definition) is 2. The van der Waals surface area contributed by atoms with Gasteiger partial charge in [0.05, 0.1) is 19.8 Å². The van der Waals surface area contributed by atoms with E-state index in [-0.39, 0.29) is 17.9 Å². The van der Waals surface area contributed by atoms with Gasteiger partial charge in [0.25, 0.3) is 5.91 Å². The van der Waals surface area contributed by atoms with E-state index in [1.165, 1.54) is 6.08 Å². The summed E-state index contributed by atoms with van der Waals surface area (Å²) in [6.07, 6.45) is 4.09. The van der Waals surface area contributed by atoms with E-state index in [1.807, 2.05) is 32.0 Å². The van der Waals surface area contributed by atoms with Crippen LogP contribution in [0.1, 0.15) is 47.8 Å². The van der Waals surface area contributed by atoms with Crippen LogP contribution >= 0.6 is 0 Å². The third kappa shape index (κ3) is 6.38. The topological polar surface area (TPSA) is 76.7 Å². The molecular weight excluding hydrogens is 368 g/mol. The van der Waals surface area contributed by atoms with E-state index in [4.69, 9.17) is 9.47 Å². The molecule has 6 heteroatoms. The summed E-state index contributed by atoms with van der Waals surface area (Å²) in [4.78, 5) is 23.8. The van der Waals surface area contributed by atoms with Crippen LogP contribution in [-0.4, -0.2) is 32.6 Å². The molecule has 0 aromatic heterocycles. The van der Waals surface area contributed by atoms with Crippen molar-refractivity contribution < 1.29 is 19.1 Å². The standard InChI is InChI=1S/C23H28N2O4/c1-5-14-29-20-12-11-19(15-21(20)28-4)16(2)25-22(26)13-8-17-6-9-18(10-7-17)23(27)24-3/h6-13,15-16H,5,14H2,1-4H3,(H,24,27)(H,25,26). The highest BCUT2D eigenvalue weighted by Crippen LogP contribution is 2.30. The Labute approximate surface area is 171 Å². The maximum absolute atomic E-state index is 12.3. The molecule has 0 saturated heterocycles. The second kappa shape index (κ2) is 10.9. The fraction of sp³-hybridized carbons (Fsp3) is 0.304. The van der Waals surface area contributed by atoms with Crippen LogP contribution in [0.5, 0.6) is 11.5 Å². The van der Waals surface area contributed by atoms with Crippen molar-refractivity contribution >= 4 is 17.9 Å². The SMILES string of the molecule is CCCOc1ccc(C(C)NC(=O)C=Cc2ccc(C(=O)NC)cc2)cc1OC. The van der Waals surface area contributed by atoms with E-state index in [0.29, 0.717) is 23.7 Å². The van der Waals surface area contributed by atoms with Gasteiger partial charge in [-0.25, -0.2) is 0 Å². The molecule has 0 radical (unpaired) electrons. The third-order valence-corrected chi connectivity index (χ3v) is 4.34. The highest BCUT2D eigenvalue weighted by atomic mass is 16.5. The molecule has 0 bridgehead atoms. The van der Waals surface area contributed by atoms with Crippen molar-refractivity contribution in [1.29, 1.82) is 0 Å². The fourth-order valence-electron chi connectivity index (χ4n) is 2.69. The molecule has 0 aliphatic heterocycles. The van der Waals surface area contributed by atoms with E-state index in [0.717, 1.165) is 17.5 Å². The maximum Gasteiger partial charge on any atom is 0.251 e. The summed E-state index contributed by atoms with van der Waals surface area (Å²) in [7, 11) is 3.18. The van der Waals surface area contributed by atoms with Crippen molar-refractivity contribution in [3.63, 3.8) is 0 Å². The van der Waals surface area contributed by atoms with Gasteiger partial charge in [-0.3, -0.25) is 9.59 Å². The zero-order valence-corrected chi connectivity index (χ0v) is 17.3. The van der Waals surface area contributed by atoms with E-state index in [9.17, 15) is 9.59 Å². The Morgan fingerprint density at radius 3 is 2.45 bits per heavy atom. The number of carbonyl (C=O) groups excluding carboxylic acids is 2. The molecule has 2 aromatic carbocycles. The minimum Gasteiger partial charge on any atom is -0.493 e. The van der Waals surface area contributed by atoms with Crippen LogP contribution < -0.4 is 20.1 Å². The number of carbonyl (C=O) groups is 2. The number of hydrogen-bond acceptors (Lipinski definition) is 4. The predicted molar refractivity (Wildman–Crippen MR) is 114 cm³/mol. The van der Waals surface area contributed by atoms with Crippen molar-refractivity contribution in [1.82, 2.24) is 10.6 Å². The van der Waals surface area contributed by atoms with Crippen molar-refractivity contribution in [3.8, 4) is 11.5 Å². The first kappa shape index (κ1) is 22.0. The summed E-state index contributed by atoms with van der Waals surface area (Å²) < 4.78 is 11.1. The third-order valence-electron chi connectivity index (χ3n) is 4.34. The number of ether oxygens (including phenoxy) is 2. The predicted octanol–water partition coefficient (Wildman–Crippen LogP) is 3.73. The van der Waals surface area contributed by atoms with Crippen LogP contribution in [0, 0.1) is 0 Å². The monoisotopic (exact) mass is 396 g/mol. The zero-order valence-electron chi connectivity index (χ0n) is 17.3. The molecule has 2 rings (SSSR count). The first-order chi connectivity index (χ1) is 14.0. The van der Waals surface area contributed by atoms with Gasteiger partial charge in [0.15, 0.2) is 11.5 Å². The normalized spacial score (nSPS) is 11.7. The minimum atomic E-state index is -0.210. The van der Waals surface area contributed by atoms with Crippen LogP contribution in [0.2, 0.25) is 0 Å². The Balaban J connectivity index is 1.99. The molecule has 2 aromatic rings. The van der Waals surface area contributed by atoms with E-state index < -0.39 is 0 Å². The average Bonchev–Trinajstić information content (AvgIpc) is 2.75. The molecule has 0 fully saturated rings. The van der Waals surface area contributed by atoms with Crippen LogP contribution in [0.15, 0.2) is 48.5 Å². The van der Waals surface area contributed by atoms with Crippen molar-refractivity contribution in [3.05, 3.63) is 65.2 Å². The smallest absolute Gasteiger partial charge is 0.251 e. The van der Waals surface area contributed by atoms with Gasteiger partial charge in [0.1, 0.15) is 0 Å². The Kier molecular flexibility index (Phi) is 8.27. The Morgan fingerprint density at radius 1 is 1.10 bits per heavy atom. The van der Waals surface area contributed by atoms with Crippen LogP contribution in [0.3, 0.4) is 0 Å². The minimum absolute atomic E-state index is 0.145. The van der Waals surface area contributed by atoms with Gasteiger partial charge in [-0.05, 0) is 54.8 Å². The van der Waals surface area contributed by atoms with Gasteiger partial charge in [0.2, 0.25) is 5.91 Å². The second-order valence-corrected chi connectivity index (χ2v) is 6.52. The second-order valence-electron chi connectivity index (χ2n) is 6.52. The van der Waals surface area contributed by atoms with Crippen molar-refractivity contribution in [2.75, 3.05) is 20.8 Å². The van der Waals surface area contributed by atoms with Crippen molar-refractivity contribution in [2.24, 2.45) is 0 Å². The Hall–Kier alpha value is -3.28. The summed E-state index contributed by atoms with van der Waals surface area (Å²) in [5, 5.41) is 5.50. The molecule has 154 valence electrons. The van der Waals surface area contributed by atoms with E-state index in [2.05, 4.69) is 10.6 Å². The lowest BCUT2D eigenvalue weighted by Crippen LogP contribution is -2.24. The first-order valence-electron chi connectivity index (χ1n) is 9.60. The first-order valence-corrected chi connectivity index (χ1v) is 9.60. The lowest BCUT2D eigenvalue weighted by atomic mass is 10.1. The molecule has 1 atom stereocenters. The quantitative estimate of drug-likeness (QED) is 0.633. The van der Waals surface area contributed by atoms with Gasteiger partial charge in [-0.1, -0.05) is 25.1 Å². The average molecular weight is 396 g/mol. The summed E-state index contributed by atoms with van der Waals surface area (Å²) in [6, 6.07) is 12.5. The van der Waals surface area contributed by atoms with Crippen LogP contribution in [0.4, 0.5) is 0 Å². The number of amides is 2. The molecule has 1 unspecified atom stereocenters. The number of benzene rings is 2. The van der Waals surface area contributed by atoms with Crippen LogP contribution in [0.25, 0.3) is 6.08 Å². The largest absolute Gasteiger partial charge is 0.493 e. The highest BCUT2D eigenvalue weighted by molar-refractivity contribution is 5.94. The van der Waals surface area contributed by atoms with Crippen LogP contribution in [-0.2, 0) is 4.79 Å². The van der Waals surface area contributed by atoms with Gasteiger partial charge < -0.3 is 20.1 Å². The molecule has 0 heterocycles. The Bertz CT molecular complexity index is 860. The van der Waals surface area contributed by atoms with Gasteiger partial charge >= 0.3 is 0 Å².